The standard InChI is InChI=1S/C55H38O/c1-5-6-13-33(2)35-20-21-37-31-38(23-22-36(37)30-35)50-41-15-7-9-17-43(41)51(44-18-10-8-16-42(44)50)39-25-28-46-48(32-39)55(3,4)47-29-26-34-24-27-45-40-14-11-12-19-49(40)56-54(45)52(34)53(46)47/h5-32H,1-2H2,3-4H3/b13-6-. The fourth-order valence-electron chi connectivity index (χ4n) is 9.60. The summed E-state index contributed by atoms with van der Waals surface area (Å²) < 4.78 is 6.65. The molecule has 0 saturated carbocycles. The molecular formula is C55H38O. The summed E-state index contributed by atoms with van der Waals surface area (Å²) in [5.41, 5.74) is 14.0. The molecule has 0 spiro atoms. The van der Waals surface area contributed by atoms with Crippen molar-refractivity contribution in [3.8, 4) is 33.4 Å². The van der Waals surface area contributed by atoms with Gasteiger partial charge in [0.2, 0.25) is 0 Å². The van der Waals surface area contributed by atoms with Crippen molar-refractivity contribution in [2.24, 2.45) is 0 Å². The van der Waals surface area contributed by atoms with E-state index in [4.69, 9.17) is 4.42 Å². The fraction of sp³-hybridized carbons (Fsp3) is 0.0545. The number of hydrogen-bond donors (Lipinski definition) is 0. The summed E-state index contributed by atoms with van der Waals surface area (Å²) in [6.07, 6.45) is 5.72. The second-order valence-corrected chi connectivity index (χ2v) is 15.8. The van der Waals surface area contributed by atoms with Crippen molar-refractivity contribution >= 4 is 70.6 Å². The first-order chi connectivity index (χ1) is 27.4. The molecule has 0 atom stereocenters. The lowest BCUT2D eigenvalue weighted by atomic mass is 9.80. The van der Waals surface area contributed by atoms with E-state index in [1.165, 1.54) is 93.0 Å². The molecule has 0 radical (unpaired) electrons. The Morgan fingerprint density at radius 1 is 0.536 bits per heavy atom. The highest BCUT2D eigenvalue weighted by Crippen LogP contribution is 2.54. The minimum atomic E-state index is -0.201. The normalized spacial score (nSPS) is 13.4. The van der Waals surface area contributed by atoms with Crippen LogP contribution >= 0.6 is 0 Å². The maximum Gasteiger partial charge on any atom is 0.143 e. The van der Waals surface area contributed by atoms with E-state index in [1.807, 2.05) is 12.2 Å². The highest BCUT2D eigenvalue weighted by Gasteiger charge is 2.37. The summed E-state index contributed by atoms with van der Waals surface area (Å²) in [6.45, 7) is 12.8. The minimum Gasteiger partial charge on any atom is -0.455 e. The van der Waals surface area contributed by atoms with Crippen LogP contribution in [0.2, 0.25) is 0 Å². The molecule has 0 saturated heterocycles. The van der Waals surface area contributed by atoms with Crippen molar-refractivity contribution in [2.75, 3.05) is 0 Å². The van der Waals surface area contributed by atoms with Gasteiger partial charge in [-0.1, -0.05) is 167 Å². The van der Waals surface area contributed by atoms with Gasteiger partial charge in [0, 0.05) is 21.6 Å². The number of hydrogen-bond acceptors (Lipinski definition) is 1. The molecule has 0 fully saturated rings. The SMILES string of the molecule is C=C/C=C\C(=C)c1ccc2cc(-c3c4ccccc4c(-c4ccc5c(c4)C(C)(C)c4ccc6ccc7c8ccccc8oc7c6c4-5)c4ccccc34)ccc2c1. The third kappa shape index (κ3) is 4.61. The van der Waals surface area contributed by atoms with Crippen LogP contribution in [0.4, 0.5) is 0 Å². The maximum absolute atomic E-state index is 6.65. The zero-order chi connectivity index (χ0) is 37.7. The van der Waals surface area contributed by atoms with Gasteiger partial charge in [-0.05, 0) is 124 Å². The summed E-state index contributed by atoms with van der Waals surface area (Å²) in [7, 11) is 0. The van der Waals surface area contributed by atoms with Gasteiger partial charge < -0.3 is 4.42 Å². The van der Waals surface area contributed by atoms with Crippen LogP contribution in [0.5, 0.6) is 0 Å². The summed E-state index contributed by atoms with van der Waals surface area (Å²) in [5, 5.41) is 12.2. The predicted octanol–water partition coefficient (Wildman–Crippen LogP) is 15.6. The number of furan rings is 1. The first-order valence-electron chi connectivity index (χ1n) is 19.4. The predicted molar refractivity (Wildman–Crippen MR) is 241 cm³/mol. The molecular weight excluding hydrogens is 677 g/mol. The van der Waals surface area contributed by atoms with Gasteiger partial charge in [0.25, 0.3) is 0 Å². The van der Waals surface area contributed by atoms with E-state index in [0.717, 1.165) is 27.7 Å². The van der Waals surface area contributed by atoms with Crippen molar-refractivity contribution in [1.82, 2.24) is 0 Å². The van der Waals surface area contributed by atoms with Crippen LogP contribution in [0.3, 0.4) is 0 Å². The smallest absolute Gasteiger partial charge is 0.143 e. The Morgan fingerprint density at radius 3 is 1.84 bits per heavy atom. The van der Waals surface area contributed by atoms with E-state index in [9.17, 15) is 0 Å². The van der Waals surface area contributed by atoms with Crippen molar-refractivity contribution in [3.05, 3.63) is 200 Å². The molecule has 0 unspecified atom stereocenters. The first kappa shape index (κ1) is 32.5. The Balaban J connectivity index is 1.11. The van der Waals surface area contributed by atoms with Crippen LogP contribution in [0.1, 0.15) is 30.5 Å². The molecule has 11 rings (SSSR count). The van der Waals surface area contributed by atoms with Gasteiger partial charge in [-0.3, -0.25) is 0 Å². The Bertz CT molecular complexity index is 3310. The molecule has 0 N–H and O–H groups in total. The Hall–Kier alpha value is -6.96. The van der Waals surface area contributed by atoms with E-state index >= 15 is 0 Å². The van der Waals surface area contributed by atoms with Crippen molar-refractivity contribution in [2.45, 2.75) is 19.3 Å². The zero-order valence-electron chi connectivity index (χ0n) is 31.5. The summed E-state index contributed by atoms with van der Waals surface area (Å²) >= 11 is 0. The van der Waals surface area contributed by atoms with E-state index in [2.05, 4.69) is 179 Å². The largest absolute Gasteiger partial charge is 0.455 e. The fourth-order valence-corrected chi connectivity index (χ4v) is 9.60. The average molecular weight is 715 g/mol. The van der Waals surface area contributed by atoms with Crippen LogP contribution in [-0.4, -0.2) is 0 Å². The Labute approximate surface area is 326 Å². The van der Waals surface area contributed by atoms with Crippen molar-refractivity contribution in [1.29, 1.82) is 0 Å². The molecule has 0 aliphatic heterocycles. The molecule has 1 nitrogen and oxygen atoms in total. The molecule has 0 amide bonds. The maximum atomic E-state index is 6.65. The number of rotatable bonds is 5. The number of fused-ring (bicyclic) bond motifs is 12. The summed E-state index contributed by atoms with van der Waals surface area (Å²) in [5.74, 6) is 0. The van der Waals surface area contributed by atoms with Crippen LogP contribution in [0.25, 0.3) is 104 Å². The first-order valence-corrected chi connectivity index (χ1v) is 19.4. The number of benzene rings is 9. The third-order valence-corrected chi connectivity index (χ3v) is 12.3. The number of para-hydroxylation sites is 1. The second kappa shape index (κ2) is 12.0. The minimum absolute atomic E-state index is 0.201. The highest BCUT2D eigenvalue weighted by molar-refractivity contribution is 6.23. The molecule has 1 aliphatic carbocycles. The monoisotopic (exact) mass is 714 g/mol. The van der Waals surface area contributed by atoms with Crippen LogP contribution < -0.4 is 0 Å². The van der Waals surface area contributed by atoms with Gasteiger partial charge in [-0.15, -0.1) is 0 Å². The highest BCUT2D eigenvalue weighted by atomic mass is 16.3. The van der Waals surface area contributed by atoms with Gasteiger partial charge in [0.05, 0.1) is 0 Å². The van der Waals surface area contributed by atoms with Gasteiger partial charge in [0.15, 0.2) is 0 Å². The van der Waals surface area contributed by atoms with Gasteiger partial charge in [0.1, 0.15) is 11.2 Å². The van der Waals surface area contributed by atoms with Gasteiger partial charge in [-0.25, -0.2) is 0 Å². The van der Waals surface area contributed by atoms with Gasteiger partial charge >= 0.3 is 0 Å². The molecule has 1 heteroatoms. The molecule has 1 heterocycles. The van der Waals surface area contributed by atoms with E-state index in [0.29, 0.717) is 0 Å². The number of allylic oxidation sites excluding steroid dienone is 4. The lowest BCUT2D eigenvalue weighted by Gasteiger charge is -2.23. The van der Waals surface area contributed by atoms with Crippen molar-refractivity contribution < 1.29 is 4.42 Å². The van der Waals surface area contributed by atoms with E-state index in [1.54, 1.807) is 6.08 Å². The summed E-state index contributed by atoms with van der Waals surface area (Å²) in [6, 6.07) is 56.0. The van der Waals surface area contributed by atoms with Crippen LogP contribution in [0.15, 0.2) is 187 Å². The molecule has 9 aromatic carbocycles. The van der Waals surface area contributed by atoms with E-state index in [-0.39, 0.29) is 5.41 Å². The molecule has 1 aromatic heterocycles. The quantitative estimate of drug-likeness (QED) is 0.128. The third-order valence-electron chi connectivity index (χ3n) is 12.3. The van der Waals surface area contributed by atoms with E-state index < -0.39 is 0 Å². The Morgan fingerprint density at radius 2 is 1.12 bits per heavy atom. The lowest BCUT2D eigenvalue weighted by molar-refractivity contribution is 0.660. The molecule has 264 valence electrons. The average Bonchev–Trinajstić information content (AvgIpc) is 3.73. The van der Waals surface area contributed by atoms with Gasteiger partial charge in [-0.2, -0.15) is 0 Å². The van der Waals surface area contributed by atoms with Crippen molar-refractivity contribution in [3.63, 3.8) is 0 Å². The van der Waals surface area contributed by atoms with Crippen LogP contribution in [-0.2, 0) is 5.41 Å². The second-order valence-electron chi connectivity index (χ2n) is 15.8. The molecule has 0 bridgehead atoms. The zero-order valence-corrected chi connectivity index (χ0v) is 31.5. The summed E-state index contributed by atoms with van der Waals surface area (Å²) in [4.78, 5) is 0. The molecule has 10 aromatic rings. The van der Waals surface area contributed by atoms with Crippen LogP contribution in [0, 0.1) is 0 Å². The Kier molecular flexibility index (Phi) is 6.97. The topological polar surface area (TPSA) is 13.1 Å². The molecule has 1 aliphatic rings. The molecule has 56 heavy (non-hydrogen) atoms. The lowest BCUT2D eigenvalue weighted by Crippen LogP contribution is -2.15.